The van der Waals surface area contributed by atoms with E-state index in [0.29, 0.717) is 5.75 Å². The van der Waals surface area contributed by atoms with Crippen molar-refractivity contribution in [2.45, 2.75) is 11.7 Å². The van der Waals surface area contributed by atoms with E-state index in [1.807, 2.05) is 36.4 Å². The van der Waals surface area contributed by atoms with Gasteiger partial charge in [-0.3, -0.25) is 4.79 Å². The van der Waals surface area contributed by atoms with Crippen LogP contribution in [0.2, 0.25) is 0 Å². The summed E-state index contributed by atoms with van der Waals surface area (Å²) in [6.07, 6.45) is 0.160. The summed E-state index contributed by atoms with van der Waals surface area (Å²) in [6.45, 7) is 0. The average molecular weight is 285 g/mol. The number of carbonyl (C=O) groups excluding carboxylic acids is 1. The highest BCUT2D eigenvalue weighted by Crippen LogP contribution is 2.47. The summed E-state index contributed by atoms with van der Waals surface area (Å²) in [5.74, 6) is -0.0965. The third kappa shape index (κ3) is 2.21. The van der Waals surface area contributed by atoms with Crippen molar-refractivity contribution in [1.82, 2.24) is 0 Å². The molecule has 1 atom stereocenters. The molecule has 2 aromatic carbocycles. The summed E-state index contributed by atoms with van der Waals surface area (Å²) in [5.41, 5.74) is 9.59. The lowest BCUT2D eigenvalue weighted by Gasteiger charge is -2.19. The average Bonchev–Trinajstić information content (AvgIpc) is 2.79. The quantitative estimate of drug-likeness (QED) is 0.876. The molecule has 0 aliphatic heterocycles. The van der Waals surface area contributed by atoms with Crippen LogP contribution in [0, 0.1) is 0 Å². The second-order valence-electron chi connectivity index (χ2n) is 4.86. The summed E-state index contributed by atoms with van der Waals surface area (Å²) in [7, 11) is 0. The third-order valence-corrected chi connectivity index (χ3v) is 5.23. The number of fused-ring (bicyclic) bond motifs is 3. The molecule has 1 amide bonds. The topological polar surface area (TPSA) is 66.2 Å². The molecule has 2 N–H and O–H groups in total. The van der Waals surface area contributed by atoms with Crippen LogP contribution in [0.5, 0.6) is 0 Å². The summed E-state index contributed by atoms with van der Waals surface area (Å²) in [5, 5.41) is -0.151. The molecule has 0 bridgehead atoms. The van der Waals surface area contributed by atoms with Gasteiger partial charge in [0.15, 0.2) is 5.25 Å². The first kappa shape index (κ1) is 13.2. The van der Waals surface area contributed by atoms with Gasteiger partial charge in [-0.05, 0) is 22.3 Å². The van der Waals surface area contributed by atoms with Gasteiger partial charge in [-0.2, -0.15) is 0 Å². The fraction of sp³-hybridized carbons (Fsp3) is 0.188. The number of rotatable bonds is 4. The number of nitrogens with two attached hydrogens (primary N) is 1. The van der Waals surface area contributed by atoms with E-state index in [-0.39, 0.29) is 11.7 Å². The summed E-state index contributed by atoms with van der Waals surface area (Å²) in [4.78, 5) is 10.9. The highest BCUT2D eigenvalue weighted by Gasteiger charge is 2.36. The van der Waals surface area contributed by atoms with Crippen LogP contribution >= 0.6 is 0 Å². The zero-order valence-corrected chi connectivity index (χ0v) is 11.7. The van der Waals surface area contributed by atoms with Crippen LogP contribution in [0.15, 0.2) is 48.5 Å². The molecule has 2 aromatic rings. The SMILES string of the molecule is NC(=O)CC[S+]([O-])C1c2ccccc2-c2ccccc21. The van der Waals surface area contributed by atoms with Crippen molar-refractivity contribution < 1.29 is 9.35 Å². The van der Waals surface area contributed by atoms with E-state index in [2.05, 4.69) is 12.1 Å². The number of amides is 1. The van der Waals surface area contributed by atoms with Crippen molar-refractivity contribution in [3.8, 4) is 11.1 Å². The Morgan fingerprint density at radius 2 is 1.55 bits per heavy atom. The molecule has 0 saturated carbocycles. The van der Waals surface area contributed by atoms with Crippen LogP contribution in [-0.4, -0.2) is 16.2 Å². The van der Waals surface area contributed by atoms with Gasteiger partial charge in [-0.15, -0.1) is 0 Å². The summed E-state index contributed by atoms with van der Waals surface area (Å²) < 4.78 is 12.6. The van der Waals surface area contributed by atoms with E-state index in [1.165, 1.54) is 0 Å². The molecule has 0 radical (unpaired) electrons. The van der Waals surface area contributed by atoms with Gasteiger partial charge in [-0.1, -0.05) is 48.5 Å². The van der Waals surface area contributed by atoms with Gasteiger partial charge in [0.2, 0.25) is 5.91 Å². The molecule has 0 saturated heterocycles. The minimum absolute atomic E-state index is 0.151. The molecule has 1 aliphatic carbocycles. The predicted octanol–water partition coefficient (Wildman–Crippen LogP) is 2.38. The minimum Gasteiger partial charge on any atom is -0.616 e. The van der Waals surface area contributed by atoms with Gasteiger partial charge < -0.3 is 10.3 Å². The normalized spacial score (nSPS) is 14.7. The lowest BCUT2D eigenvalue weighted by molar-refractivity contribution is -0.117. The molecular weight excluding hydrogens is 270 g/mol. The zero-order valence-electron chi connectivity index (χ0n) is 10.9. The maximum absolute atomic E-state index is 12.6. The van der Waals surface area contributed by atoms with E-state index < -0.39 is 17.1 Å². The number of benzene rings is 2. The van der Waals surface area contributed by atoms with Crippen LogP contribution in [0.3, 0.4) is 0 Å². The van der Waals surface area contributed by atoms with E-state index in [1.54, 1.807) is 0 Å². The third-order valence-electron chi connectivity index (χ3n) is 3.59. The highest BCUT2D eigenvalue weighted by atomic mass is 32.2. The van der Waals surface area contributed by atoms with Crippen molar-refractivity contribution in [2.75, 3.05) is 5.75 Å². The Labute approximate surface area is 121 Å². The predicted molar refractivity (Wildman–Crippen MR) is 80.5 cm³/mol. The Bertz CT molecular complexity index is 611. The van der Waals surface area contributed by atoms with Crippen LogP contribution in [0.25, 0.3) is 11.1 Å². The molecule has 3 rings (SSSR count). The second kappa shape index (κ2) is 5.31. The van der Waals surface area contributed by atoms with Gasteiger partial charge in [0, 0.05) is 11.1 Å². The number of primary amides is 1. The van der Waals surface area contributed by atoms with Crippen LogP contribution in [-0.2, 0) is 16.0 Å². The molecule has 20 heavy (non-hydrogen) atoms. The van der Waals surface area contributed by atoms with Gasteiger partial charge >= 0.3 is 0 Å². The van der Waals surface area contributed by atoms with E-state index in [4.69, 9.17) is 5.73 Å². The molecule has 3 nitrogen and oxygen atoms in total. The number of carbonyl (C=O) groups is 1. The fourth-order valence-corrected chi connectivity index (χ4v) is 4.33. The first-order valence-electron chi connectivity index (χ1n) is 6.52. The Morgan fingerprint density at radius 3 is 2.05 bits per heavy atom. The van der Waals surface area contributed by atoms with E-state index in [0.717, 1.165) is 22.3 Å². The maximum Gasteiger partial charge on any atom is 0.222 e. The molecule has 102 valence electrons. The standard InChI is InChI=1S/C16H15NO2S/c17-15(18)9-10-20(19)16-13-7-3-1-5-11(13)12-6-2-4-8-14(12)16/h1-8,16H,9-10H2,(H2,17,18). The van der Waals surface area contributed by atoms with Crippen LogP contribution < -0.4 is 5.73 Å². The molecule has 1 unspecified atom stereocenters. The van der Waals surface area contributed by atoms with Crippen molar-refractivity contribution in [1.29, 1.82) is 0 Å². The van der Waals surface area contributed by atoms with E-state index in [9.17, 15) is 9.35 Å². The van der Waals surface area contributed by atoms with Crippen molar-refractivity contribution in [3.05, 3.63) is 59.7 Å². The largest absolute Gasteiger partial charge is 0.616 e. The first-order valence-corrected chi connectivity index (χ1v) is 7.90. The molecule has 0 spiro atoms. The molecular formula is C16H15NO2S. The zero-order chi connectivity index (χ0) is 14.1. The Balaban J connectivity index is 2.00. The Hall–Kier alpha value is -1.78. The Kier molecular flexibility index (Phi) is 3.51. The number of hydrogen-bond donors (Lipinski definition) is 1. The first-order chi connectivity index (χ1) is 9.68. The molecule has 0 fully saturated rings. The fourth-order valence-electron chi connectivity index (χ4n) is 2.71. The monoisotopic (exact) mass is 285 g/mol. The van der Waals surface area contributed by atoms with Gasteiger partial charge in [0.25, 0.3) is 0 Å². The van der Waals surface area contributed by atoms with Crippen molar-refractivity contribution >= 4 is 17.1 Å². The molecule has 4 heteroatoms. The summed E-state index contributed by atoms with van der Waals surface area (Å²) >= 11 is -1.14. The minimum atomic E-state index is -1.14. The number of hydrogen-bond acceptors (Lipinski definition) is 2. The van der Waals surface area contributed by atoms with Gasteiger partial charge in [0.1, 0.15) is 5.75 Å². The Morgan fingerprint density at radius 1 is 1.05 bits per heavy atom. The van der Waals surface area contributed by atoms with E-state index >= 15 is 0 Å². The smallest absolute Gasteiger partial charge is 0.222 e. The van der Waals surface area contributed by atoms with Crippen molar-refractivity contribution in [3.63, 3.8) is 0 Å². The van der Waals surface area contributed by atoms with Gasteiger partial charge in [0.05, 0.1) is 6.42 Å². The highest BCUT2D eigenvalue weighted by molar-refractivity contribution is 7.91. The van der Waals surface area contributed by atoms with Crippen LogP contribution in [0.4, 0.5) is 0 Å². The lowest BCUT2D eigenvalue weighted by atomic mass is 10.1. The second-order valence-corrected chi connectivity index (χ2v) is 6.50. The molecule has 1 aliphatic rings. The molecule has 0 aromatic heterocycles. The maximum atomic E-state index is 12.6. The molecule has 0 heterocycles. The van der Waals surface area contributed by atoms with Crippen LogP contribution in [0.1, 0.15) is 22.8 Å². The summed E-state index contributed by atoms with van der Waals surface area (Å²) in [6, 6.07) is 16.0. The lowest BCUT2D eigenvalue weighted by Crippen LogP contribution is -2.21. The van der Waals surface area contributed by atoms with Crippen molar-refractivity contribution in [2.24, 2.45) is 5.73 Å². The van der Waals surface area contributed by atoms with Gasteiger partial charge in [-0.25, -0.2) is 0 Å².